The maximum atomic E-state index is 5.51. The van der Waals surface area contributed by atoms with Crippen LogP contribution in [0.2, 0.25) is 0 Å². The Hall–Kier alpha value is -1.71. The molecule has 0 spiro atoms. The number of guanidine groups is 1. The highest BCUT2D eigenvalue weighted by Crippen LogP contribution is 2.51. The maximum Gasteiger partial charge on any atom is 0.191 e. The Labute approximate surface area is 128 Å². The first-order chi connectivity index (χ1) is 10.3. The summed E-state index contributed by atoms with van der Waals surface area (Å²) in [6.45, 7) is 6.90. The SMILES string of the molecule is CCCNC(=NCC1(c2ccccc2OC)CC1)NCC. The number of nitrogens with one attached hydrogen (secondary N) is 2. The Morgan fingerprint density at radius 3 is 2.62 bits per heavy atom. The van der Waals surface area contributed by atoms with Gasteiger partial charge in [0.05, 0.1) is 13.7 Å². The third kappa shape index (κ3) is 3.90. The van der Waals surface area contributed by atoms with Crippen molar-refractivity contribution in [2.75, 3.05) is 26.7 Å². The van der Waals surface area contributed by atoms with Crippen LogP contribution < -0.4 is 15.4 Å². The third-order valence-corrected chi connectivity index (χ3v) is 3.96. The van der Waals surface area contributed by atoms with Gasteiger partial charge in [0.25, 0.3) is 0 Å². The molecule has 1 aliphatic rings. The van der Waals surface area contributed by atoms with Crippen molar-refractivity contribution in [3.8, 4) is 5.75 Å². The Balaban J connectivity index is 2.09. The topological polar surface area (TPSA) is 45.7 Å². The summed E-state index contributed by atoms with van der Waals surface area (Å²) < 4.78 is 5.51. The van der Waals surface area contributed by atoms with Gasteiger partial charge in [0.15, 0.2) is 5.96 Å². The van der Waals surface area contributed by atoms with E-state index in [1.807, 2.05) is 12.1 Å². The van der Waals surface area contributed by atoms with E-state index < -0.39 is 0 Å². The van der Waals surface area contributed by atoms with Crippen molar-refractivity contribution in [3.05, 3.63) is 29.8 Å². The molecule has 1 aliphatic carbocycles. The van der Waals surface area contributed by atoms with Gasteiger partial charge in [-0.25, -0.2) is 0 Å². The summed E-state index contributed by atoms with van der Waals surface area (Å²) in [6, 6.07) is 8.32. The minimum absolute atomic E-state index is 0.168. The van der Waals surface area contributed by atoms with Crippen LogP contribution in [0.1, 0.15) is 38.7 Å². The van der Waals surface area contributed by atoms with E-state index in [1.165, 1.54) is 18.4 Å². The van der Waals surface area contributed by atoms with Gasteiger partial charge < -0.3 is 15.4 Å². The molecule has 0 amide bonds. The molecule has 0 aliphatic heterocycles. The van der Waals surface area contributed by atoms with E-state index in [0.29, 0.717) is 0 Å². The lowest BCUT2D eigenvalue weighted by Crippen LogP contribution is -2.38. The molecule has 1 fully saturated rings. The molecule has 0 atom stereocenters. The first-order valence-corrected chi connectivity index (χ1v) is 7.91. The zero-order chi connectivity index (χ0) is 15.1. The van der Waals surface area contributed by atoms with Crippen molar-refractivity contribution in [2.45, 2.75) is 38.5 Å². The van der Waals surface area contributed by atoms with Crippen molar-refractivity contribution in [2.24, 2.45) is 4.99 Å². The highest BCUT2D eigenvalue weighted by Gasteiger charge is 2.45. The van der Waals surface area contributed by atoms with Gasteiger partial charge in [-0.3, -0.25) is 4.99 Å². The molecular weight excluding hydrogens is 262 g/mol. The molecule has 2 rings (SSSR count). The lowest BCUT2D eigenvalue weighted by atomic mass is 9.95. The van der Waals surface area contributed by atoms with E-state index in [-0.39, 0.29) is 5.41 Å². The predicted molar refractivity (Wildman–Crippen MR) is 88.2 cm³/mol. The van der Waals surface area contributed by atoms with Gasteiger partial charge in [-0.15, -0.1) is 0 Å². The van der Waals surface area contributed by atoms with E-state index in [1.54, 1.807) is 7.11 Å². The molecule has 1 aromatic carbocycles. The van der Waals surface area contributed by atoms with E-state index >= 15 is 0 Å². The lowest BCUT2D eigenvalue weighted by Gasteiger charge is -2.18. The summed E-state index contributed by atoms with van der Waals surface area (Å²) >= 11 is 0. The molecule has 21 heavy (non-hydrogen) atoms. The fraction of sp³-hybridized carbons (Fsp3) is 0.588. The van der Waals surface area contributed by atoms with Crippen LogP contribution in [0.3, 0.4) is 0 Å². The second kappa shape index (κ2) is 7.34. The van der Waals surface area contributed by atoms with Crippen LogP contribution in [0.5, 0.6) is 5.75 Å². The van der Waals surface area contributed by atoms with Crippen molar-refractivity contribution in [1.82, 2.24) is 10.6 Å². The lowest BCUT2D eigenvalue weighted by molar-refractivity contribution is 0.404. The largest absolute Gasteiger partial charge is 0.496 e. The van der Waals surface area contributed by atoms with E-state index in [9.17, 15) is 0 Å². The van der Waals surface area contributed by atoms with Crippen LogP contribution in [0.4, 0.5) is 0 Å². The fourth-order valence-electron chi connectivity index (χ4n) is 2.56. The smallest absolute Gasteiger partial charge is 0.191 e. The molecule has 116 valence electrons. The van der Waals surface area contributed by atoms with Gasteiger partial charge in [0.2, 0.25) is 0 Å². The number of methoxy groups -OCH3 is 1. The Kier molecular flexibility index (Phi) is 5.48. The van der Waals surface area contributed by atoms with Crippen molar-refractivity contribution >= 4 is 5.96 Å². The number of rotatable bonds is 7. The normalized spacial score (nSPS) is 16.4. The molecule has 4 nitrogen and oxygen atoms in total. The number of para-hydroxylation sites is 1. The highest BCUT2D eigenvalue weighted by atomic mass is 16.5. The fourth-order valence-corrected chi connectivity index (χ4v) is 2.56. The molecular formula is C17H27N3O. The van der Waals surface area contributed by atoms with Gasteiger partial charge in [-0.1, -0.05) is 25.1 Å². The number of hydrogen-bond donors (Lipinski definition) is 2. The molecule has 2 N–H and O–H groups in total. The van der Waals surface area contributed by atoms with Crippen LogP contribution in [0, 0.1) is 0 Å². The van der Waals surface area contributed by atoms with Gasteiger partial charge in [-0.05, 0) is 32.3 Å². The van der Waals surface area contributed by atoms with Gasteiger partial charge in [0, 0.05) is 24.1 Å². The average Bonchev–Trinajstić information content (AvgIpc) is 3.31. The van der Waals surface area contributed by atoms with Crippen LogP contribution >= 0.6 is 0 Å². The summed E-state index contributed by atoms with van der Waals surface area (Å²) in [5, 5.41) is 6.66. The van der Waals surface area contributed by atoms with E-state index in [2.05, 4.69) is 36.6 Å². The first-order valence-electron chi connectivity index (χ1n) is 7.91. The third-order valence-electron chi connectivity index (χ3n) is 3.96. The molecule has 0 aromatic heterocycles. The second-order valence-electron chi connectivity index (χ2n) is 5.60. The molecule has 0 unspecified atom stereocenters. The predicted octanol–water partition coefficient (Wildman–Crippen LogP) is 2.69. The summed E-state index contributed by atoms with van der Waals surface area (Å²) in [4.78, 5) is 4.78. The molecule has 0 radical (unpaired) electrons. The van der Waals surface area contributed by atoms with Crippen LogP contribution in [0.25, 0.3) is 0 Å². The van der Waals surface area contributed by atoms with Crippen molar-refractivity contribution < 1.29 is 4.74 Å². The standard InChI is InChI=1S/C17H27N3O/c1-4-12-19-16(18-5-2)20-13-17(10-11-17)14-8-6-7-9-15(14)21-3/h6-9H,4-5,10-13H2,1-3H3,(H2,18,19,20). The van der Waals surface area contributed by atoms with Crippen LogP contribution in [0.15, 0.2) is 29.3 Å². The van der Waals surface area contributed by atoms with E-state index in [0.717, 1.165) is 37.8 Å². The first kappa shape index (κ1) is 15.7. The van der Waals surface area contributed by atoms with Gasteiger partial charge >= 0.3 is 0 Å². The number of aliphatic imine (C=N–C) groups is 1. The maximum absolute atomic E-state index is 5.51. The van der Waals surface area contributed by atoms with Crippen LogP contribution in [-0.2, 0) is 5.41 Å². The van der Waals surface area contributed by atoms with Crippen molar-refractivity contribution in [3.63, 3.8) is 0 Å². The summed E-state index contributed by atoms with van der Waals surface area (Å²) in [7, 11) is 1.74. The zero-order valence-electron chi connectivity index (χ0n) is 13.4. The van der Waals surface area contributed by atoms with Gasteiger partial charge in [-0.2, -0.15) is 0 Å². The second-order valence-corrected chi connectivity index (χ2v) is 5.60. The number of hydrogen-bond acceptors (Lipinski definition) is 2. The van der Waals surface area contributed by atoms with Crippen molar-refractivity contribution in [1.29, 1.82) is 0 Å². The average molecular weight is 289 g/mol. The molecule has 0 bridgehead atoms. The van der Waals surface area contributed by atoms with Crippen LogP contribution in [-0.4, -0.2) is 32.7 Å². The Morgan fingerprint density at radius 2 is 2.00 bits per heavy atom. The monoisotopic (exact) mass is 289 g/mol. The Bertz CT molecular complexity index is 481. The van der Waals surface area contributed by atoms with E-state index in [4.69, 9.17) is 9.73 Å². The zero-order valence-corrected chi connectivity index (χ0v) is 13.4. The molecule has 4 heteroatoms. The summed E-state index contributed by atoms with van der Waals surface area (Å²) in [5.74, 6) is 1.90. The molecule has 0 heterocycles. The van der Waals surface area contributed by atoms with Gasteiger partial charge in [0.1, 0.15) is 5.75 Å². The quantitative estimate of drug-likeness (QED) is 0.599. The minimum Gasteiger partial charge on any atom is -0.496 e. The summed E-state index contributed by atoms with van der Waals surface area (Å²) in [5.41, 5.74) is 1.46. The summed E-state index contributed by atoms with van der Waals surface area (Å²) in [6.07, 6.45) is 3.47. The Morgan fingerprint density at radius 1 is 1.24 bits per heavy atom. The minimum atomic E-state index is 0.168. The molecule has 1 aromatic rings. The number of nitrogens with zero attached hydrogens (tertiary/aromatic N) is 1. The molecule has 1 saturated carbocycles. The highest BCUT2D eigenvalue weighted by molar-refractivity contribution is 5.79. The molecule has 0 saturated heterocycles. The number of benzene rings is 1. The number of ether oxygens (including phenoxy) is 1.